The molecule has 0 aliphatic rings. The fourth-order valence-corrected chi connectivity index (χ4v) is 2.14. The first-order valence-corrected chi connectivity index (χ1v) is 6.08. The summed E-state index contributed by atoms with van der Waals surface area (Å²) in [6.45, 7) is 0. The third-order valence-corrected chi connectivity index (χ3v) is 2.86. The molecule has 0 aliphatic heterocycles. The molecule has 0 atom stereocenters. The van der Waals surface area contributed by atoms with E-state index in [-0.39, 0.29) is 5.75 Å². The van der Waals surface area contributed by atoms with Gasteiger partial charge >= 0.3 is 0 Å². The summed E-state index contributed by atoms with van der Waals surface area (Å²) >= 11 is 0. The highest BCUT2D eigenvalue weighted by molar-refractivity contribution is 7.85. The van der Waals surface area contributed by atoms with Crippen molar-refractivity contribution in [2.75, 3.05) is 0 Å². The first kappa shape index (κ1) is 10.1. The maximum Gasteiger partial charge on any atom is 0.269 e. The van der Waals surface area contributed by atoms with Crippen LogP contribution in [-0.2, 0) is 15.9 Å². The maximum absolute atomic E-state index is 10.7. The monoisotopic (exact) mass is 222 g/mol. The molecule has 15 heavy (non-hydrogen) atoms. The summed E-state index contributed by atoms with van der Waals surface area (Å²) in [6, 6.07) is 13.0. The van der Waals surface area contributed by atoms with Gasteiger partial charge in [0.25, 0.3) is 10.1 Å². The van der Waals surface area contributed by atoms with Crippen molar-refractivity contribution in [1.29, 1.82) is 0 Å². The molecule has 0 fully saturated rings. The Labute approximate surface area is 88.1 Å². The van der Waals surface area contributed by atoms with E-state index in [4.69, 9.17) is 4.55 Å². The molecule has 0 aromatic heterocycles. The lowest BCUT2D eigenvalue weighted by Crippen LogP contribution is -2.01. The molecule has 78 valence electrons. The highest BCUT2D eigenvalue weighted by Gasteiger charge is 2.06. The van der Waals surface area contributed by atoms with Crippen molar-refractivity contribution in [3.8, 4) is 0 Å². The third kappa shape index (κ3) is 2.55. The first-order chi connectivity index (χ1) is 7.04. The lowest BCUT2D eigenvalue weighted by atomic mass is 10.1. The van der Waals surface area contributed by atoms with Gasteiger partial charge in [0.2, 0.25) is 0 Å². The van der Waals surface area contributed by atoms with Crippen molar-refractivity contribution in [3.05, 3.63) is 48.0 Å². The Bertz CT molecular complexity index is 588. The van der Waals surface area contributed by atoms with Gasteiger partial charge in [0.05, 0.1) is 0 Å². The molecule has 0 heterocycles. The van der Waals surface area contributed by atoms with Crippen molar-refractivity contribution >= 4 is 20.9 Å². The normalized spacial score (nSPS) is 11.8. The SMILES string of the molecule is O=S(=O)(O)Cc1ccc2ccccc2c1. The second-order valence-corrected chi connectivity index (χ2v) is 4.86. The van der Waals surface area contributed by atoms with E-state index in [9.17, 15) is 8.42 Å². The van der Waals surface area contributed by atoms with Gasteiger partial charge in [0.1, 0.15) is 5.75 Å². The highest BCUT2D eigenvalue weighted by Crippen LogP contribution is 2.16. The molecule has 0 aliphatic carbocycles. The zero-order valence-corrected chi connectivity index (χ0v) is 8.74. The van der Waals surface area contributed by atoms with E-state index in [2.05, 4.69) is 0 Å². The van der Waals surface area contributed by atoms with Gasteiger partial charge in [-0.1, -0.05) is 42.5 Å². The molecule has 0 spiro atoms. The van der Waals surface area contributed by atoms with E-state index in [1.54, 1.807) is 12.1 Å². The van der Waals surface area contributed by atoms with Gasteiger partial charge < -0.3 is 0 Å². The van der Waals surface area contributed by atoms with Crippen LogP contribution >= 0.6 is 0 Å². The molecular formula is C11H10O3S. The average Bonchev–Trinajstić information content (AvgIpc) is 2.15. The predicted molar refractivity (Wildman–Crippen MR) is 59.2 cm³/mol. The van der Waals surface area contributed by atoms with E-state index < -0.39 is 10.1 Å². The quantitative estimate of drug-likeness (QED) is 0.793. The van der Waals surface area contributed by atoms with E-state index in [1.165, 1.54) is 0 Å². The summed E-state index contributed by atoms with van der Waals surface area (Å²) in [7, 11) is -3.95. The van der Waals surface area contributed by atoms with Crippen LogP contribution in [0, 0.1) is 0 Å². The first-order valence-electron chi connectivity index (χ1n) is 4.47. The van der Waals surface area contributed by atoms with Gasteiger partial charge in [0.15, 0.2) is 0 Å². The number of fused-ring (bicyclic) bond motifs is 1. The van der Waals surface area contributed by atoms with Crippen LogP contribution in [0.2, 0.25) is 0 Å². The summed E-state index contributed by atoms with van der Waals surface area (Å²) in [5.41, 5.74) is 0.594. The summed E-state index contributed by atoms with van der Waals surface area (Å²) in [6.07, 6.45) is 0. The molecule has 0 saturated carbocycles. The summed E-state index contributed by atoms with van der Waals surface area (Å²) in [4.78, 5) is 0. The zero-order chi connectivity index (χ0) is 10.9. The Balaban J connectivity index is 2.48. The van der Waals surface area contributed by atoms with Gasteiger partial charge in [-0.2, -0.15) is 8.42 Å². The fraction of sp³-hybridized carbons (Fsp3) is 0.0909. The molecule has 1 N–H and O–H groups in total. The molecule has 0 radical (unpaired) electrons. The number of benzene rings is 2. The van der Waals surface area contributed by atoms with Gasteiger partial charge in [-0.3, -0.25) is 4.55 Å². The minimum Gasteiger partial charge on any atom is -0.285 e. The Hall–Kier alpha value is -1.39. The summed E-state index contributed by atoms with van der Waals surface area (Å²) < 4.78 is 30.1. The molecule has 0 saturated heterocycles. The number of rotatable bonds is 2. The van der Waals surface area contributed by atoms with Crippen molar-refractivity contribution < 1.29 is 13.0 Å². The lowest BCUT2D eigenvalue weighted by Gasteiger charge is -2.01. The minimum atomic E-state index is -3.95. The maximum atomic E-state index is 10.7. The van der Waals surface area contributed by atoms with Crippen LogP contribution in [0.4, 0.5) is 0 Å². The Morgan fingerprint density at radius 3 is 2.33 bits per heavy atom. The minimum absolute atomic E-state index is 0.335. The molecule has 0 unspecified atom stereocenters. The van der Waals surface area contributed by atoms with Crippen LogP contribution in [0.3, 0.4) is 0 Å². The molecular weight excluding hydrogens is 212 g/mol. The largest absolute Gasteiger partial charge is 0.285 e. The fourth-order valence-electron chi connectivity index (χ4n) is 1.54. The van der Waals surface area contributed by atoms with Gasteiger partial charge in [0, 0.05) is 0 Å². The van der Waals surface area contributed by atoms with Gasteiger partial charge in [-0.15, -0.1) is 0 Å². The summed E-state index contributed by atoms with van der Waals surface area (Å²) in [5, 5.41) is 2.02. The van der Waals surface area contributed by atoms with Crippen LogP contribution in [0.25, 0.3) is 10.8 Å². The Kier molecular flexibility index (Phi) is 2.46. The van der Waals surface area contributed by atoms with E-state index in [0.717, 1.165) is 10.8 Å². The van der Waals surface area contributed by atoms with Crippen molar-refractivity contribution in [2.24, 2.45) is 0 Å². The van der Waals surface area contributed by atoms with Gasteiger partial charge in [-0.05, 0) is 16.3 Å². The average molecular weight is 222 g/mol. The number of hydrogen-bond acceptors (Lipinski definition) is 2. The molecule has 4 heteroatoms. The standard InChI is InChI=1S/C11H10O3S/c12-15(13,14)8-9-5-6-10-3-1-2-4-11(10)7-9/h1-7H,8H2,(H,12,13,14). The molecule has 0 bridgehead atoms. The van der Waals surface area contributed by atoms with Crippen molar-refractivity contribution in [1.82, 2.24) is 0 Å². The smallest absolute Gasteiger partial charge is 0.269 e. The van der Waals surface area contributed by atoms with Crippen molar-refractivity contribution in [3.63, 3.8) is 0 Å². The van der Waals surface area contributed by atoms with Crippen LogP contribution in [-0.4, -0.2) is 13.0 Å². The zero-order valence-electron chi connectivity index (χ0n) is 7.92. The Morgan fingerprint density at radius 2 is 1.67 bits per heavy atom. The van der Waals surface area contributed by atoms with E-state index in [0.29, 0.717) is 5.56 Å². The Morgan fingerprint density at radius 1 is 1.00 bits per heavy atom. The molecule has 2 rings (SSSR count). The van der Waals surface area contributed by atoms with Crippen molar-refractivity contribution in [2.45, 2.75) is 5.75 Å². The topological polar surface area (TPSA) is 54.4 Å². The molecule has 3 nitrogen and oxygen atoms in total. The molecule has 2 aromatic carbocycles. The van der Waals surface area contributed by atoms with Crippen LogP contribution < -0.4 is 0 Å². The van der Waals surface area contributed by atoms with E-state index in [1.807, 2.05) is 30.3 Å². The van der Waals surface area contributed by atoms with E-state index >= 15 is 0 Å². The van der Waals surface area contributed by atoms with Gasteiger partial charge in [-0.25, -0.2) is 0 Å². The second kappa shape index (κ2) is 3.64. The summed E-state index contributed by atoms with van der Waals surface area (Å²) in [5.74, 6) is -0.335. The van der Waals surface area contributed by atoms with Crippen LogP contribution in [0.15, 0.2) is 42.5 Å². The second-order valence-electron chi connectivity index (χ2n) is 3.41. The van der Waals surface area contributed by atoms with Crippen LogP contribution in [0.1, 0.15) is 5.56 Å². The molecule has 2 aromatic rings. The number of hydrogen-bond donors (Lipinski definition) is 1. The molecule has 0 amide bonds. The predicted octanol–water partition coefficient (Wildman–Crippen LogP) is 2.23. The third-order valence-electron chi connectivity index (χ3n) is 2.16. The van der Waals surface area contributed by atoms with Crippen LogP contribution in [0.5, 0.6) is 0 Å². The highest BCUT2D eigenvalue weighted by atomic mass is 32.2. The lowest BCUT2D eigenvalue weighted by molar-refractivity contribution is 0.482.